The molecule has 0 radical (unpaired) electrons. The molecule has 1 rings (SSSR count). The summed E-state index contributed by atoms with van der Waals surface area (Å²) in [4.78, 5) is 23.3. The fourth-order valence-electron chi connectivity index (χ4n) is 1.51. The van der Waals surface area contributed by atoms with E-state index in [1.807, 2.05) is 6.07 Å². The van der Waals surface area contributed by atoms with Gasteiger partial charge < -0.3 is 10.1 Å². The van der Waals surface area contributed by atoms with Crippen LogP contribution in [0.25, 0.3) is 0 Å². The maximum Gasteiger partial charge on any atom is 0.333 e. The molecule has 0 aliphatic carbocycles. The number of methoxy groups -OCH3 is 1. The molecule has 0 aromatic heterocycles. The molecule has 1 aromatic rings. The van der Waals surface area contributed by atoms with E-state index in [-0.39, 0.29) is 5.91 Å². The highest BCUT2D eigenvalue weighted by Crippen LogP contribution is 2.14. The van der Waals surface area contributed by atoms with Crippen LogP contribution in [0.2, 0.25) is 0 Å². The van der Waals surface area contributed by atoms with Gasteiger partial charge in [-0.25, -0.2) is 4.79 Å². The van der Waals surface area contributed by atoms with Crippen LogP contribution in [0.4, 0.5) is 0 Å². The quantitative estimate of drug-likeness (QED) is 0.617. The molecule has 0 fully saturated rings. The molecule has 1 atom stereocenters. The lowest BCUT2D eigenvalue weighted by Crippen LogP contribution is -2.34. The molecule has 18 heavy (non-hydrogen) atoms. The van der Waals surface area contributed by atoms with E-state index < -0.39 is 12.0 Å². The minimum Gasteiger partial charge on any atom is -0.467 e. The third-order valence-electron chi connectivity index (χ3n) is 2.45. The number of carbonyl (C=O) groups excluding carboxylic acids is 2. The maximum absolute atomic E-state index is 11.7. The second-order valence-electron chi connectivity index (χ2n) is 3.76. The zero-order valence-electron chi connectivity index (χ0n) is 10.4. The van der Waals surface area contributed by atoms with E-state index in [9.17, 15) is 9.59 Å². The summed E-state index contributed by atoms with van der Waals surface area (Å²) in [5, 5.41) is 2.66. The van der Waals surface area contributed by atoms with Gasteiger partial charge in [0.2, 0.25) is 5.91 Å². The summed E-state index contributed by atoms with van der Waals surface area (Å²) in [5.41, 5.74) is 0.705. The first-order chi connectivity index (χ1) is 8.69. The summed E-state index contributed by atoms with van der Waals surface area (Å²) < 4.78 is 4.70. The van der Waals surface area contributed by atoms with Crippen LogP contribution in [0.1, 0.15) is 24.4 Å². The molecule has 4 heteroatoms. The summed E-state index contributed by atoms with van der Waals surface area (Å²) in [5.74, 6) is -0.678. The lowest BCUT2D eigenvalue weighted by Gasteiger charge is -2.16. The number of amides is 1. The summed E-state index contributed by atoms with van der Waals surface area (Å²) in [6, 6.07) is 8.25. The van der Waals surface area contributed by atoms with E-state index >= 15 is 0 Å². The number of hydrogen-bond acceptors (Lipinski definition) is 3. The second kappa shape index (κ2) is 7.27. The van der Waals surface area contributed by atoms with Crippen LogP contribution in [0, 0.1) is 0 Å². The summed E-state index contributed by atoms with van der Waals surface area (Å²) in [6.07, 6.45) is 2.55. The van der Waals surface area contributed by atoms with Crippen molar-refractivity contribution in [2.75, 3.05) is 7.11 Å². The maximum atomic E-state index is 11.7. The Balaban J connectivity index is 2.77. The van der Waals surface area contributed by atoms with Crippen molar-refractivity contribution < 1.29 is 14.3 Å². The Bertz CT molecular complexity index is 414. The van der Waals surface area contributed by atoms with Gasteiger partial charge in [-0.05, 0) is 12.0 Å². The van der Waals surface area contributed by atoms with Gasteiger partial charge in [-0.2, -0.15) is 0 Å². The third kappa shape index (κ3) is 4.05. The smallest absolute Gasteiger partial charge is 0.333 e. The van der Waals surface area contributed by atoms with Gasteiger partial charge in [0.15, 0.2) is 6.04 Å². The monoisotopic (exact) mass is 247 g/mol. The molecule has 1 unspecified atom stereocenters. The fraction of sp³-hybridized carbons (Fsp3) is 0.286. The van der Waals surface area contributed by atoms with Gasteiger partial charge in [-0.15, -0.1) is 6.58 Å². The van der Waals surface area contributed by atoms with Crippen molar-refractivity contribution in [3.8, 4) is 0 Å². The van der Waals surface area contributed by atoms with Crippen molar-refractivity contribution in [1.82, 2.24) is 5.32 Å². The van der Waals surface area contributed by atoms with E-state index in [0.717, 1.165) is 0 Å². The van der Waals surface area contributed by atoms with Gasteiger partial charge in [0.05, 0.1) is 7.11 Å². The number of benzene rings is 1. The zero-order chi connectivity index (χ0) is 13.4. The molecular formula is C14H17NO3. The predicted octanol–water partition coefficient (Wildman–Crippen LogP) is 1.98. The number of hydrogen-bond donors (Lipinski definition) is 1. The Labute approximate surface area is 107 Å². The molecule has 1 aromatic carbocycles. The Morgan fingerprint density at radius 3 is 2.61 bits per heavy atom. The fourth-order valence-corrected chi connectivity index (χ4v) is 1.51. The zero-order valence-corrected chi connectivity index (χ0v) is 10.4. The van der Waals surface area contributed by atoms with Crippen molar-refractivity contribution in [3.63, 3.8) is 0 Å². The van der Waals surface area contributed by atoms with Crippen LogP contribution >= 0.6 is 0 Å². The first kappa shape index (κ1) is 14.0. The lowest BCUT2D eigenvalue weighted by atomic mass is 10.1. The van der Waals surface area contributed by atoms with Crippen molar-refractivity contribution in [3.05, 3.63) is 48.6 Å². The minimum atomic E-state index is -0.756. The molecule has 96 valence electrons. The first-order valence-electron chi connectivity index (χ1n) is 5.72. The van der Waals surface area contributed by atoms with Gasteiger partial charge >= 0.3 is 5.97 Å². The Hall–Kier alpha value is -2.10. The second-order valence-corrected chi connectivity index (χ2v) is 3.76. The van der Waals surface area contributed by atoms with Gasteiger partial charge in [0.25, 0.3) is 0 Å². The molecule has 0 aliphatic heterocycles. The summed E-state index contributed by atoms with van der Waals surface area (Å²) in [6.45, 7) is 3.55. The predicted molar refractivity (Wildman–Crippen MR) is 68.8 cm³/mol. The molecule has 0 bridgehead atoms. The number of carbonyl (C=O) groups is 2. The number of ether oxygens (including phenoxy) is 1. The van der Waals surface area contributed by atoms with E-state index in [2.05, 4.69) is 11.9 Å². The molecule has 0 aliphatic rings. The molecule has 0 saturated carbocycles. The van der Waals surface area contributed by atoms with E-state index in [1.54, 1.807) is 30.3 Å². The van der Waals surface area contributed by atoms with Gasteiger partial charge in [0, 0.05) is 6.42 Å². The standard InChI is InChI=1S/C14H17NO3/c1-3-4-10-12(16)15-13(14(17)18-2)11-8-6-5-7-9-11/h3,5-9,13H,1,4,10H2,2H3,(H,15,16). The lowest BCUT2D eigenvalue weighted by molar-refractivity contribution is -0.145. The highest BCUT2D eigenvalue weighted by Gasteiger charge is 2.22. The normalized spacial score (nSPS) is 11.4. The highest BCUT2D eigenvalue weighted by atomic mass is 16.5. The van der Waals surface area contributed by atoms with Gasteiger partial charge in [-0.1, -0.05) is 36.4 Å². The summed E-state index contributed by atoms with van der Waals surface area (Å²) in [7, 11) is 1.30. The molecule has 0 saturated heterocycles. The Morgan fingerprint density at radius 2 is 2.06 bits per heavy atom. The van der Waals surface area contributed by atoms with Crippen LogP contribution in [0.15, 0.2) is 43.0 Å². The molecule has 1 amide bonds. The number of allylic oxidation sites excluding steroid dienone is 1. The van der Waals surface area contributed by atoms with Crippen LogP contribution in [-0.2, 0) is 14.3 Å². The topological polar surface area (TPSA) is 55.4 Å². The number of rotatable bonds is 6. The molecule has 0 heterocycles. The first-order valence-corrected chi connectivity index (χ1v) is 5.72. The molecule has 0 spiro atoms. The average molecular weight is 247 g/mol. The van der Waals surface area contributed by atoms with Crippen LogP contribution < -0.4 is 5.32 Å². The minimum absolute atomic E-state index is 0.200. The van der Waals surface area contributed by atoms with Crippen molar-refractivity contribution in [2.24, 2.45) is 0 Å². The molecule has 4 nitrogen and oxygen atoms in total. The summed E-state index contributed by atoms with van der Waals surface area (Å²) >= 11 is 0. The average Bonchev–Trinajstić information content (AvgIpc) is 2.42. The third-order valence-corrected chi connectivity index (χ3v) is 2.45. The Morgan fingerprint density at radius 1 is 1.39 bits per heavy atom. The largest absolute Gasteiger partial charge is 0.467 e. The van der Waals surface area contributed by atoms with E-state index in [0.29, 0.717) is 18.4 Å². The van der Waals surface area contributed by atoms with E-state index in [1.165, 1.54) is 7.11 Å². The SMILES string of the molecule is C=CCCC(=O)NC(C(=O)OC)c1ccccc1. The highest BCUT2D eigenvalue weighted by molar-refractivity contribution is 5.85. The van der Waals surface area contributed by atoms with Crippen LogP contribution in [-0.4, -0.2) is 19.0 Å². The van der Waals surface area contributed by atoms with Crippen molar-refractivity contribution in [1.29, 1.82) is 0 Å². The number of nitrogens with one attached hydrogen (secondary N) is 1. The Kier molecular flexibility index (Phi) is 5.64. The van der Waals surface area contributed by atoms with E-state index in [4.69, 9.17) is 4.74 Å². The van der Waals surface area contributed by atoms with Crippen LogP contribution in [0.3, 0.4) is 0 Å². The van der Waals surface area contributed by atoms with Crippen LogP contribution in [0.5, 0.6) is 0 Å². The van der Waals surface area contributed by atoms with Crippen molar-refractivity contribution in [2.45, 2.75) is 18.9 Å². The van der Waals surface area contributed by atoms with Crippen molar-refractivity contribution >= 4 is 11.9 Å². The van der Waals surface area contributed by atoms with Gasteiger partial charge in [-0.3, -0.25) is 4.79 Å². The number of esters is 1. The molecule has 1 N–H and O–H groups in total. The van der Waals surface area contributed by atoms with Gasteiger partial charge in [0.1, 0.15) is 0 Å². The molecular weight excluding hydrogens is 230 g/mol.